The molecule has 1 amide bonds. The van der Waals surface area contributed by atoms with Crippen LogP contribution in [0.4, 0.5) is 5.69 Å². The normalized spacial score (nSPS) is 11.1. The van der Waals surface area contributed by atoms with Gasteiger partial charge in [-0.25, -0.2) is 0 Å². The summed E-state index contributed by atoms with van der Waals surface area (Å²) in [6.07, 6.45) is 0. The molecule has 0 unspecified atom stereocenters. The second kappa shape index (κ2) is 7.60. The highest BCUT2D eigenvalue weighted by molar-refractivity contribution is 7.80. The van der Waals surface area contributed by atoms with Gasteiger partial charge in [0, 0.05) is 5.56 Å². The number of phenols is 1. The van der Waals surface area contributed by atoms with Gasteiger partial charge in [0.25, 0.3) is 5.91 Å². The molecule has 2 aromatic carbocycles. The second-order valence-corrected chi connectivity index (χ2v) is 7.74. The molecule has 0 heterocycles. The molecular weight excluding hydrogens is 379 g/mol. The van der Waals surface area contributed by atoms with Gasteiger partial charge < -0.3 is 10.4 Å². The summed E-state index contributed by atoms with van der Waals surface area (Å²) in [5, 5.41) is 16.1. The van der Waals surface area contributed by atoms with Crippen molar-refractivity contribution in [2.75, 3.05) is 5.32 Å². The molecule has 2 rings (SSSR count). The first-order valence-electron chi connectivity index (χ1n) is 7.49. The lowest BCUT2D eigenvalue weighted by Gasteiger charge is -2.21. The van der Waals surface area contributed by atoms with Crippen LogP contribution in [0.5, 0.6) is 5.75 Å². The van der Waals surface area contributed by atoms with Crippen molar-refractivity contribution in [2.24, 2.45) is 0 Å². The highest BCUT2D eigenvalue weighted by atomic mass is 35.5. The summed E-state index contributed by atoms with van der Waals surface area (Å²) in [7, 11) is 0. The number of rotatable bonds is 2. The van der Waals surface area contributed by atoms with Crippen LogP contribution in [0, 0.1) is 0 Å². The molecule has 2 aromatic rings. The van der Waals surface area contributed by atoms with Crippen molar-refractivity contribution in [3.05, 3.63) is 57.6 Å². The Balaban J connectivity index is 2.12. The van der Waals surface area contributed by atoms with E-state index in [4.69, 9.17) is 35.4 Å². The molecule has 0 fully saturated rings. The number of carbonyl (C=O) groups excluding carboxylic acids is 1. The molecule has 132 valence electrons. The van der Waals surface area contributed by atoms with Gasteiger partial charge in [0.05, 0.1) is 15.7 Å². The Labute approximate surface area is 162 Å². The minimum Gasteiger partial charge on any atom is -0.506 e. The van der Waals surface area contributed by atoms with Gasteiger partial charge in [0.1, 0.15) is 5.75 Å². The highest BCUT2D eigenvalue weighted by Crippen LogP contribution is 2.30. The molecule has 0 saturated carbocycles. The van der Waals surface area contributed by atoms with Gasteiger partial charge in [-0.1, -0.05) is 50.0 Å². The van der Waals surface area contributed by atoms with E-state index in [1.165, 1.54) is 12.1 Å². The number of anilines is 1. The molecule has 0 bridgehead atoms. The van der Waals surface area contributed by atoms with Crippen LogP contribution in [0.2, 0.25) is 10.0 Å². The molecule has 0 spiro atoms. The molecule has 25 heavy (non-hydrogen) atoms. The van der Waals surface area contributed by atoms with Gasteiger partial charge in [-0.3, -0.25) is 10.1 Å². The molecule has 0 aliphatic carbocycles. The first-order valence-corrected chi connectivity index (χ1v) is 8.65. The molecule has 7 heteroatoms. The van der Waals surface area contributed by atoms with Crippen LogP contribution in [-0.4, -0.2) is 16.1 Å². The van der Waals surface area contributed by atoms with Crippen molar-refractivity contribution in [3.8, 4) is 5.75 Å². The Kier molecular flexibility index (Phi) is 5.93. The van der Waals surface area contributed by atoms with Crippen LogP contribution in [0.3, 0.4) is 0 Å². The maximum absolute atomic E-state index is 12.2. The van der Waals surface area contributed by atoms with Crippen molar-refractivity contribution in [3.63, 3.8) is 0 Å². The largest absolute Gasteiger partial charge is 0.506 e. The zero-order valence-corrected chi connectivity index (χ0v) is 16.3. The molecule has 0 saturated heterocycles. The van der Waals surface area contributed by atoms with Crippen LogP contribution in [0.1, 0.15) is 36.7 Å². The number of benzene rings is 2. The number of carbonyl (C=O) groups is 1. The predicted octanol–water partition coefficient (Wildman–Crippen LogP) is 5.12. The summed E-state index contributed by atoms with van der Waals surface area (Å²) in [6.45, 7) is 6.19. The summed E-state index contributed by atoms with van der Waals surface area (Å²) in [6, 6.07) is 9.77. The van der Waals surface area contributed by atoms with Crippen molar-refractivity contribution < 1.29 is 9.90 Å². The highest BCUT2D eigenvalue weighted by Gasteiger charge is 2.16. The van der Waals surface area contributed by atoms with Crippen molar-refractivity contribution >= 4 is 52.1 Å². The fourth-order valence-electron chi connectivity index (χ4n) is 2.07. The number of hydrogen-bond donors (Lipinski definition) is 3. The summed E-state index contributed by atoms with van der Waals surface area (Å²) in [5.74, 6) is -0.387. The van der Waals surface area contributed by atoms with Crippen molar-refractivity contribution in [1.29, 1.82) is 0 Å². The number of nitrogens with one attached hydrogen (secondary N) is 2. The third-order valence-electron chi connectivity index (χ3n) is 3.52. The fraction of sp³-hybridized carbons (Fsp3) is 0.222. The minimum absolute atomic E-state index is 0.0409. The van der Waals surface area contributed by atoms with Crippen LogP contribution >= 0.6 is 35.4 Å². The van der Waals surface area contributed by atoms with Gasteiger partial charge in [-0.05, 0) is 53.5 Å². The van der Waals surface area contributed by atoms with Crippen LogP contribution < -0.4 is 10.6 Å². The molecule has 3 N–H and O–H groups in total. The molecule has 0 aliphatic heterocycles. The van der Waals surface area contributed by atoms with E-state index in [-0.39, 0.29) is 21.3 Å². The Hall–Kier alpha value is -1.82. The van der Waals surface area contributed by atoms with Gasteiger partial charge in [0.2, 0.25) is 0 Å². The second-order valence-electron chi connectivity index (χ2n) is 6.52. The van der Waals surface area contributed by atoms with E-state index in [1.807, 2.05) is 6.07 Å². The number of hydrogen-bond acceptors (Lipinski definition) is 3. The van der Waals surface area contributed by atoms with E-state index in [0.29, 0.717) is 16.3 Å². The lowest BCUT2D eigenvalue weighted by atomic mass is 9.87. The van der Waals surface area contributed by atoms with Crippen molar-refractivity contribution in [1.82, 2.24) is 5.32 Å². The van der Waals surface area contributed by atoms with Crippen LogP contribution in [0.15, 0.2) is 36.4 Å². The zero-order valence-electron chi connectivity index (χ0n) is 14.0. The first kappa shape index (κ1) is 19.5. The number of aromatic hydroxyl groups is 1. The summed E-state index contributed by atoms with van der Waals surface area (Å²) < 4.78 is 0. The van der Waals surface area contributed by atoms with Crippen molar-refractivity contribution in [2.45, 2.75) is 26.2 Å². The molecule has 0 radical (unpaired) electrons. The maximum atomic E-state index is 12.2. The fourth-order valence-corrected chi connectivity index (χ4v) is 2.57. The lowest BCUT2D eigenvalue weighted by molar-refractivity contribution is 0.0977. The monoisotopic (exact) mass is 396 g/mol. The van der Waals surface area contributed by atoms with Gasteiger partial charge in [0.15, 0.2) is 5.11 Å². The van der Waals surface area contributed by atoms with E-state index >= 15 is 0 Å². The first-order chi connectivity index (χ1) is 11.6. The SMILES string of the molecule is CC(C)(C)c1ccc(O)c(NC(=S)NC(=O)c2ccc(Cl)c(Cl)c2)c1. The number of halogens is 2. The average Bonchev–Trinajstić information content (AvgIpc) is 2.50. The van der Waals surface area contributed by atoms with E-state index in [9.17, 15) is 9.90 Å². The number of phenolic OH excluding ortho intramolecular Hbond substituents is 1. The minimum atomic E-state index is -0.428. The topological polar surface area (TPSA) is 61.4 Å². The molecule has 4 nitrogen and oxygen atoms in total. The van der Waals surface area contributed by atoms with E-state index in [2.05, 4.69) is 31.4 Å². The van der Waals surface area contributed by atoms with E-state index < -0.39 is 5.91 Å². The smallest absolute Gasteiger partial charge is 0.257 e. The number of thiocarbonyl (C=S) groups is 1. The third-order valence-corrected chi connectivity index (χ3v) is 4.46. The Bertz CT molecular complexity index is 832. The molecule has 0 aliphatic rings. The summed E-state index contributed by atoms with van der Waals surface area (Å²) in [4.78, 5) is 12.2. The molecular formula is C18H18Cl2N2O2S. The molecule has 0 atom stereocenters. The summed E-state index contributed by atoms with van der Waals surface area (Å²) in [5.41, 5.74) is 1.68. The van der Waals surface area contributed by atoms with Gasteiger partial charge >= 0.3 is 0 Å². The standard InChI is InChI=1S/C18H18Cl2N2O2S/c1-18(2,3)11-5-7-15(23)14(9-11)21-17(25)22-16(24)10-4-6-12(19)13(20)8-10/h4-9,23H,1-3H3,(H2,21,22,24,25). The van der Waals surface area contributed by atoms with E-state index in [0.717, 1.165) is 5.56 Å². The average molecular weight is 397 g/mol. The molecule has 0 aromatic heterocycles. The van der Waals surface area contributed by atoms with E-state index in [1.54, 1.807) is 18.2 Å². The Morgan fingerprint density at radius 1 is 1.08 bits per heavy atom. The Morgan fingerprint density at radius 2 is 1.76 bits per heavy atom. The summed E-state index contributed by atoms with van der Waals surface area (Å²) >= 11 is 16.9. The predicted molar refractivity (Wildman–Crippen MR) is 107 cm³/mol. The lowest BCUT2D eigenvalue weighted by Crippen LogP contribution is -2.34. The van der Waals surface area contributed by atoms with Crippen LogP contribution in [0.25, 0.3) is 0 Å². The third kappa shape index (κ3) is 5.08. The maximum Gasteiger partial charge on any atom is 0.257 e. The van der Waals surface area contributed by atoms with Gasteiger partial charge in [-0.15, -0.1) is 0 Å². The zero-order chi connectivity index (χ0) is 18.8. The number of amides is 1. The van der Waals surface area contributed by atoms with Crippen LogP contribution in [-0.2, 0) is 5.41 Å². The Morgan fingerprint density at radius 3 is 2.36 bits per heavy atom. The van der Waals surface area contributed by atoms with Gasteiger partial charge in [-0.2, -0.15) is 0 Å². The quantitative estimate of drug-likeness (QED) is 0.486.